The zero-order valence-electron chi connectivity index (χ0n) is 8.97. The van der Waals surface area contributed by atoms with Crippen molar-refractivity contribution in [2.75, 3.05) is 0 Å². The zero-order chi connectivity index (χ0) is 12.1. The summed E-state index contributed by atoms with van der Waals surface area (Å²) in [6.07, 6.45) is 1.56. The van der Waals surface area contributed by atoms with E-state index in [1.165, 1.54) is 0 Å². The summed E-state index contributed by atoms with van der Waals surface area (Å²) in [5.41, 5.74) is 1.26. The van der Waals surface area contributed by atoms with Gasteiger partial charge in [0.15, 0.2) is 0 Å². The third-order valence-corrected chi connectivity index (χ3v) is 2.64. The Hall–Kier alpha value is -1.68. The van der Waals surface area contributed by atoms with Gasteiger partial charge in [-0.15, -0.1) is 0 Å². The molecule has 0 N–H and O–H groups in total. The van der Waals surface area contributed by atoms with E-state index in [1.807, 2.05) is 30.3 Å². The van der Waals surface area contributed by atoms with Crippen molar-refractivity contribution in [1.29, 1.82) is 0 Å². The first-order valence-corrected chi connectivity index (χ1v) is 5.87. The Labute approximate surface area is 108 Å². The second-order valence-electron chi connectivity index (χ2n) is 3.42. The summed E-state index contributed by atoms with van der Waals surface area (Å²) in [5.74, 6) is -0.421. The molecule has 1 heterocycles. The van der Waals surface area contributed by atoms with E-state index in [2.05, 4.69) is 20.9 Å². The SMILES string of the molecule is O=C(OCc1ccccc1)c1cc(Br)ccn1. The number of aromatic nitrogens is 1. The zero-order valence-corrected chi connectivity index (χ0v) is 10.6. The van der Waals surface area contributed by atoms with Crippen molar-refractivity contribution in [3.05, 3.63) is 64.4 Å². The highest BCUT2D eigenvalue weighted by molar-refractivity contribution is 9.10. The molecule has 0 bridgehead atoms. The highest BCUT2D eigenvalue weighted by Gasteiger charge is 2.08. The molecule has 1 aromatic heterocycles. The van der Waals surface area contributed by atoms with Crippen LogP contribution in [0, 0.1) is 0 Å². The number of hydrogen-bond acceptors (Lipinski definition) is 3. The lowest BCUT2D eigenvalue weighted by Gasteiger charge is -2.04. The van der Waals surface area contributed by atoms with Crippen molar-refractivity contribution in [3.63, 3.8) is 0 Å². The van der Waals surface area contributed by atoms with E-state index in [-0.39, 0.29) is 6.61 Å². The number of carbonyl (C=O) groups is 1. The van der Waals surface area contributed by atoms with Gasteiger partial charge in [-0.1, -0.05) is 46.3 Å². The predicted molar refractivity (Wildman–Crippen MR) is 67.5 cm³/mol. The van der Waals surface area contributed by atoms with Crippen molar-refractivity contribution >= 4 is 21.9 Å². The van der Waals surface area contributed by atoms with E-state index in [0.717, 1.165) is 10.0 Å². The molecule has 0 spiro atoms. The van der Waals surface area contributed by atoms with Crippen LogP contribution in [-0.4, -0.2) is 11.0 Å². The minimum absolute atomic E-state index is 0.258. The fourth-order valence-electron chi connectivity index (χ4n) is 1.31. The number of nitrogens with zero attached hydrogens (tertiary/aromatic N) is 1. The van der Waals surface area contributed by atoms with Gasteiger partial charge in [0.1, 0.15) is 12.3 Å². The fraction of sp³-hybridized carbons (Fsp3) is 0.0769. The highest BCUT2D eigenvalue weighted by atomic mass is 79.9. The molecule has 0 unspecified atom stereocenters. The minimum Gasteiger partial charge on any atom is -0.456 e. The van der Waals surface area contributed by atoms with Gasteiger partial charge >= 0.3 is 5.97 Å². The second kappa shape index (κ2) is 5.59. The van der Waals surface area contributed by atoms with Crippen molar-refractivity contribution in [1.82, 2.24) is 4.98 Å². The van der Waals surface area contributed by atoms with Gasteiger partial charge in [-0.2, -0.15) is 0 Å². The molecule has 4 heteroatoms. The first-order chi connectivity index (χ1) is 8.25. The Morgan fingerprint density at radius 3 is 2.71 bits per heavy atom. The lowest BCUT2D eigenvalue weighted by molar-refractivity contribution is 0.0465. The lowest BCUT2D eigenvalue weighted by Crippen LogP contribution is -2.07. The Bertz CT molecular complexity index is 514. The molecule has 0 amide bonds. The molecule has 0 saturated heterocycles. The number of carbonyl (C=O) groups excluding carboxylic acids is 1. The molecule has 3 nitrogen and oxygen atoms in total. The first-order valence-electron chi connectivity index (χ1n) is 5.08. The Balaban J connectivity index is 1.98. The number of esters is 1. The molecule has 86 valence electrons. The van der Waals surface area contributed by atoms with Gasteiger partial charge in [-0.25, -0.2) is 9.78 Å². The van der Waals surface area contributed by atoms with Gasteiger partial charge in [-0.3, -0.25) is 0 Å². The van der Waals surface area contributed by atoms with Gasteiger partial charge in [0, 0.05) is 10.7 Å². The number of rotatable bonds is 3. The van der Waals surface area contributed by atoms with Crippen LogP contribution in [-0.2, 0) is 11.3 Å². The number of ether oxygens (including phenoxy) is 1. The molecular weight excluding hydrogens is 282 g/mol. The maximum absolute atomic E-state index is 11.7. The normalized spacial score (nSPS) is 9.94. The van der Waals surface area contributed by atoms with E-state index in [9.17, 15) is 4.79 Å². The molecule has 1 aromatic carbocycles. The van der Waals surface area contributed by atoms with Crippen LogP contribution in [0.1, 0.15) is 16.1 Å². The summed E-state index contributed by atoms with van der Waals surface area (Å²) in [6.45, 7) is 0.258. The molecule has 0 aliphatic rings. The van der Waals surface area contributed by atoms with Crippen LogP contribution < -0.4 is 0 Å². The molecule has 0 aliphatic carbocycles. The van der Waals surface area contributed by atoms with Gasteiger partial charge in [0.25, 0.3) is 0 Å². The average Bonchev–Trinajstić information content (AvgIpc) is 2.37. The fourth-order valence-corrected chi connectivity index (χ4v) is 1.65. The van der Waals surface area contributed by atoms with Crippen molar-refractivity contribution in [3.8, 4) is 0 Å². The number of halogens is 1. The van der Waals surface area contributed by atoms with Crippen LogP contribution in [0.25, 0.3) is 0 Å². The summed E-state index contributed by atoms with van der Waals surface area (Å²) in [4.78, 5) is 15.6. The van der Waals surface area contributed by atoms with Crippen LogP contribution >= 0.6 is 15.9 Å². The summed E-state index contributed by atoms with van der Waals surface area (Å²) >= 11 is 3.28. The lowest BCUT2D eigenvalue weighted by atomic mass is 10.2. The number of benzene rings is 1. The second-order valence-corrected chi connectivity index (χ2v) is 4.34. The Morgan fingerprint density at radius 1 is 1.24 bits per heavy atom. The maximum Gasteiger partial charge on any atom is 0.357 e. The minimum atomic E-state index is -0.421. The van der Waals surface area contributed by atoms with Crippen molar-refractivity contribution in [2.45, 2.75) is 6.61 Å². The summed E-state index contributed by atoms with van der Waals surface area (Å²) in [7, 11) is 0. The summed E-state index contributed by atoms with van der Waals surface area (Å²) < 4.78 is 5.95. The molecule has 17 heavy (non-hydrogen) atoms. The van der Waals surface area contributed by atoms with Crippen LogP contribution in [0.5, 0.6) is 0 Å². The summed E-state index contributed by atoms with van der Waals surface area (Å²) in [6, 6.07) is 12.9. The van der Waals surface area contributed by atoms with Gasteiger partial charge in [0.05, 0.1) is 0 Å². The highest BCUT2D eigenvalue weighted by Crippen LogP contribution is 2.11. The molecular formula is C13H10BrNO2. The monoisotopic (exact) mass is 291 g/mol. The van der Waals surface area contributed by atoms with Gasteiger partial charge < -0.3 is 4.74 Å². The molecule has 0 radical (unpaired) electrons. The molecule has 2 rings (SSSR count). The van der Waals surface area contributed by atoms with Crippen LogP contribution in [0.4, 0.5) is 0 Å². The van der Waals surface area contributed by atoms with Crippen molar-refractivity contribution < 1.29 is 9.53 Å². The topological polar surface area (TPSA) is 39.2 Å². The smallest absolute Gasteiger partial charge is 0.357 e. The van der Waals surface area contributed by atoms with E-state index in [0.29, 0.717) is 5.69 Å². The average molecular weight is 292 g/mol. The van der Waals surface area contributed by atoms with Crippen LogP contribution in [0.3, 0.4) is 0 Å². The van der Waals surface area contributed by atoms with E-state index in [1.54, 1.807) is 18.3 Å². The van der Waals surface area contributed by atoms with Gasteiger partial charge in [-0.05, 0) is 17.7 Å². The van der Waals surface area contributed by atoms with E-state index >= 15 is 0 Å². The Kier molecular flexibility index (Phi) is 3.88. The molecule has 0 atom stereocenters. The van der Waals surface area contributed by atoms with Gasteiger partial charge in [0.2, 0.25) is 0 Å². The maximum atomic E-state index is 11.7. The number of pyridine rings is 1. The van der Waals surface area contributed by atoms with E-state index in [4.69, 9.17) is 4.74 Å². The molecule has 0 aliphatic heterocycles. The standard InChI is InChI=1S/C13H10BrNO2/c14-11-6-7-15-12(8-11)13(16)17-9-10-4-2-1-3-5-10/h1-8H,9H2. The predicted octanol–water partition coefficient (Wildman–Crippen LogP) is 3.20. The molecule has 0 saturated carbocycles. The largest absolute Gasteiger partial charge is 0.456 e. The van der Waals surface area contributed by atoms with E-state index < -0.39 is 5.97 Å². The third kappa shape index (κ3) is 3.39. The number of hydrogen-bond donors (Lipinski definition) is 0. The third-order valence-electron chi connectivity index (χ3n) is 2.14. The molecule has 0 fully saturated rings. The van der Waals surface area contributed by atoms with Crippen molar-refractivity contribution in [2.24, 2.45) is 0 Å². The Morgan fingerprint density at radius 2 is 2.00 bits per heavy atom. The van der Waals surface area contributed by atoms with Crippen LogP contribution in [0.15, 0.2) is 53.1 Å². The van der Waals surface area contributed by atoms with Crippen LogP contribution in [0.2, 0.25) is 0 Å². The first kappa shape index (κ1) is 11.8. The quantitative estimate of drug-likeness (QED) is 0.815. The summed E-state index contributed by atoms with van der Waals surface area (Å²) in [5, 5.41) is 0. The molecule has 2 aromatic rings.